The summed E-state index contributed by atoms with van der Waals surface area (Å²) in [7, 11) is 0. The van der Waals surface area contributed by atoms with Gasteiger partial charge in [0.05, 0.1) is 17.6 Å². The third-order valence-electron chi connectivity index (χ3n) is 5.63. The van der Waals surface area contributed by atoms with Gasteiger partial charge in [-0.2, -0.15) is 0 Å². The van der Waals surface area contributed by atoms with E-state index in [1.807, 2.05) is 23.2 Å². The van der Waals surface area contributed by atoms with E-state index in [-0.39, 0.29) is 23.7 Å². The molecule has 0 aromatic heterocycles. The van der Waals surface area contributed by atoms with Crippen LogP contribution in [0.15, 0.2) is 54.6 Å². The van der Waals surface area contributed by atoms with Gasteiger partial charge in [0.25, 0.3) is 5.91 Å². The molecule has 3 aliphatic heterocycles. The summed E-state index contributed by atoms with van der Waals surface area (Å²) in [5, 5.41) is 4.17. The SMILES string of the molecule is O=C1[C@H]2[C@@H](c3ccc(F)cc3)N3CCCN3[C@H]2C(=O)N1c1ccccc1. The minimum Gasteiger partial charge on any atom is -0.274 e. The lowest BCUT2D eigenvalue weighted by molar-refractivity contribution is -0.126. The second-order valence-electron chi connectivity index (χ2n) is 6.99. The van der Waals surface area contributed by atoms with Gasteiger partial charge in [0.15, 0.2) is 0 Å². The van der Waals surface area contributed by atoms with Gasteiger partial charge in [-0.1, -0.05) is 30.3 Å². The first kappa shape index (κ1) is 15.7. The minimum absolute atomic E-state index is 0.164. The van der Waals surface area contributed by atoms with Gasteiger partial charge in [0, 0.05) is 13.1 Å². The van der Waals surface area contributed by atoms with Crippen LogP contribution in [0.3, 0.4) is 0 Å². The number of rotatable bonds is 2. The van der Waals surface area contributed by atoms with E-state index in [1.54, 1.807) is 24.3 Å². The van der Waals surface area contributed by atoms with E-state index < -0.39 is 12.0 Å². The quantitative estimate of drug-likeness (QED) is 0.779. The second kappa shape index (κ2) is 5.72. The van der Waals surface area contributed by atoms with Crippen molar-refractivity contribution in [3.8, 4) is 0 Å². The van der Waals surface area contributed by atoms with E-state index in [2.05, 4.69) is 5.01 Å². The largest absolute Gasteiger partial charge is 0.274 e. The molecule has 3 saturated heterocycles. The predicted octanol–water partition coefficient (Wildman–Crippen LogP) is 2.36. The van der Waals surface area contributed by atoms with Gasteiger partial charge < -0.3 is 0 Å². The molecule has 0 aliphatic carbocycles. The number of imide groups is 1. The molecule has 0 saturated carbocycles. The number of hydrogen-bond donors (Lipinski definition) is 0. The zero-order chi connectivity index (χ0) is 17.8. The van der Waals surface area contributed by atoms with Crippen LogP contribution >= 0.6 is 0 Å². The van der Waals surface area contributed by atoms with Gasteiger partial charge in [-0.05, 0) is 36.2 Å². The van der Waals surface area contributed by atoms with Crippen molar-refractivity contribution in [1.29, 1.82) is 0 Å². The maximum Gasteiger partial charge on any atom is 0.253 e. The summed E-state index contributed by atoms with van der Waals surface area (Å²) >= 11 is 0. The molecular weight excluding hydrogens is 333 g/mol. The Labute approximate surface area is 150 Å². The van der Waals surface area contributed by atoms with Crippen LogP contribution in [-0.4, -0.2) is 41.0 Å². The molecule has 5 rings (SSSR count). The summed E-state index contributed by atoms with van der Waals surface area (Å²) in [5.41, 5.74) is 1.49. The Morgan fingerprint density at radius 3 is 2.15 bits per heavy atom. The van der Waals surface area contributed by atoms with Crippen molar-refractivity contribution in [2.45, 2.75) is 18.5 Å². The third kappa shape index (κ3) is 2.09. The molecule has 2 aromatic carbocycles. The minimum atomic E-state index is -0.472. The van der Waals surface area contributed by atoms with Crippen LogP contribution < -0.4 is 4.90 Å². The summed E-state index contributed by atoms with van der Waals surface area (Å²) in [4.78, 5) is 27.7. The molecule has 132 valence electrons. The Bertz CT molecular complexity index is 870. The number of halogens is 1. The number of carbonyl (C=O) groups excluding carboxylic acids is 2. The number of carbonyl (C=O) groups is 2. The fourth-order valence-electron chi connectivity index (χ4n) is 4.60. The Balaban J connectivity index is 1.59. The molecule has 2 amide bonds. The molecule has 5 nitrogen and oxygen atoms in total. The predicted molar refractivity (Wildman–Crippen MR) is 93.4 cm³/mol. The molecule has 0 spiro atoms. The van der Waals surface area contributed by atoms with Gasteiger partial charge in [-0.15, -0.1) is 0 Å². The first-order valence-electron chi connectivity index (χ1n) is 8.88. The molecule has 3 atom stereocenters. The maximum atomic E-state index is 13.4. The zero-order valence-electron chi connectivity index (χ0n) is 14.1. The van der Waals surface area contributed by atoms with Gasteiger partial charge in [0.1, 0.15) is 11.9 Å². The number of amides is 2. The van der Waals surface area contributed by atoms with Crippen LogP contribution in [0.25, 0.3) is 0 Å². The van der Waals surface area contributed by atoms with Crippen molar-refractivity contribution in [3.63, 3.8) is 0 Å². The van der Waals surface area contributed by atoms with Crippen LogP contribution in [0.2, 0.25) is 0 Å². The number of hydrazine groups is 1. The highest BCUT2D eigenvalue weighted by Crippen LogP contribution is 2.48. The van der Waals surface area contributed by atoms with Crippen LogP contribution in [0.5, 0.6) is 0 Å². The summed E-state index contributed by atoms with van der Waals surface area (Å²) < 4.78 is 13.4. The first-order chi connectivity index (χ1) is 12.7. The van der Waals surface area contributed by atoms with Crippen molar-refractivity contribution >= 4 is 17.5 Å². The first-order valence-corrected chi connectivity index (χ1v) is 8.88. The number of fused-ring (bicyclic) bond motifs is 3. The highest BCUT2D eigenvalue weighted by molar-refractivity contribution is 6.24. The molecule has 26 heavy (non-hydrogen) atoms. The average Bonchev–Trinajstić information content (AvgIpc) is 3.29. The van der Waals surface area contributed by atoms with Crippen molar-refractivity contribution in [2.24, 2.45) is 5.92 Å². The fraction of sp³-hybridized carbons (Fsp3) is 0.300. The third-order valence-corrected chi connectivity index (χ3v) is 5.63. The van der Waals surface area contributed by atoms with Crippen molar-refractivity contribution in [2.75, 3.05) is 18.0 Å². The van der Waals surface area contributed by atoms with E-state index in [0.717, 1.165) is 25.1 Å². The van der Waals surface area contributed by atoms with Crippen molar-refractivity contribution in [3.05, 3.63) is 66.0 Å². The molecule has 3 aliphatic rings. The topological polar surface area (TPSA) is 43.9 Å². The number of hydrogen-bond acceptors (Lipinski definition) is 4. The van der Waals surface area contributed by atoms with E-state index in [4.69, 9.17) is 0 Å². The molecule has 3 heterocycles. The Hall–Kier alpha value is -2.57. The molecule has 6 heteroatoms. The smallest absolute Gasteiger partial charge is 0.253 e. The Morgan fingerprint density at radius 1 is 0.808 bits per heavy atom. The van der Waals surface area contributed by atoms with Crippen LogP contribution in [0, 0.1) is 11.7 Å². The standard InChI is InChI=1S/C20H18FN3O2/c21-14-9-7-13(8-10-14)17-16-18(23-12-4-11-22(17)23)20(26)24(19(16)25)15-5-2-1-3-6-15/h1-3,5-10,16-18H,4,11-12H2/t16-,17+,18+/m0/s1. The highest BCUT2D eigenvalue weighted by Gasteiger charge is 2.62. The molecule has 3 fully saturated rings. The summed E-state index contributed by atoms with van der Waals surface area (Å²) in [6, 6.07) is 14.7. The van der Waals surface area contributed by atoms with E-state index >= 15 is 0 Å². The number of benzene rings is 2. The van der Waals surface area contributed by atoms with Crippen LogP contribution in [0.1, 0.15) is 18.0 Å². The monoisotopic (exact) mass is 351 g/mol. The lowest BCUT2D eigenvalue weighted by Crippen LogP contribution is -2.44. The van der Waals surface area contributed by atoms with Crippen molar-refractivity contribution < 1.29 is 14.0 Å². The molecule has 2 aromatic rings. The molecule has 0 N–H and O–H groups in total. The summed E-state index contributed by atoms with van der Waals surface area (Å²) in [5.74, 6) is -1.10. The molecule has 0 unspecified atom stereocenters. The van der Waals surface area contributed by atoms with Gasteiger partial charge in [-0.25, -0.2) is 19.3 Å². The fourth-order valence-corrected chi connectivity index (χ4v) is 4.60. The van der Waals surface area contributed by atoms with Gasteiger partial charge >= 0.3 is 0 Å². The molecular formula is C20H18FN3O2. The lowest BCUT2D eigenvalue weighted by Gasteiger charge is -2.29. The average molecular weight is 351 g/mol. The second-order valence-corrected chi connectivity index (χ2v) is 6.99. The Kier molecular flexibility index (Phi) is 3.45. The zero-order valence-corrected chi connectivity index (χ0v) is 14.1. The van der Waals surface area contributed by atoms with E-state index in [9.17, 15) is 14.0 Å². The summed E-state index contributed by atoms with van der Waals surface area (Å²) in [6.45, 7) is 1.57. The highest BCUT2D eigenvalue weighted by atomic mass is 19.1. The Morgan fingerprint density at radius 2 is 1.46 bits per heavy atom. The van der Waals surface area contributed by atoms with E-state index in [1.165, 1.54) is 17.0 Å². The maximum absolute atomic E-state index is 13.4. The molecule has 0 radical (unpaired) electrons. The van der Waals surface area contributed by atoms with E-state index in [0.29, 0.717) is 5.69 Å². The molecule has 0 bridgehead atoms. The van der Waals surface area contributed by atoms with Crippen molar-refractivity contribution in [1.82, 2.24) is 10.0 Å². The lowest BCUT2D eigenvalue weighted by atomic mass is 9.90. The summed E-state index contributed by atoms with van der Waals surface area (Å²) in [6.07, 6.45) is 0.952. The normalized spacial score (nSPS) is 28.7. The van der Waals surface area contributed by atoms with Gasteiger partial charge in [-0.3, -0.25) is 9.59 Å². The number of anilines is 1. The number of para-hydroxylation sites is 1. The van der Waals surface area contributed by atoms with Crippen LogP contribution in [-0.2, 0) is 9.59 Å². The van der Waals surface area contributed by atoms with Crippen LogP contribution in [0.4, 0.5) is 10.1 Å². The van der Waals surface area contributed by atoms with Gasteiger partial charge in [0.2, 0.25) is 5.91 Å². The number of nitrogens with zero attached hydrogens (tertiary/aromatic N) is 3.